The highest BCUT2D eigenvalue weighted by Crippen LogP contribution is 1.87. The number of amides is 2. The molecule has 0 bridgehead atoms. The van der Waals surface area contributed by atoms with Crippen LogP contribution in [0.3, 0.4) is 0 Å². The fourth-order valence-electron chi connectivity index (χ4n) is 0.578. The summed E-state index contributed by atoms with van der Waals surface area (Å²) in [5.74, 6) is -0.607. The van der Waals surface area contributed by atoms with Crippen molar-refractivity contribution in [2.24, 2.45) is 5.73 Å². The first-order chi connectivity index (χ1) is 5.56. The van der Waals surface area contributed by atoms with Gasteiger partial charge in [-0.25, -0.2) is 4.79 Å². The molecule has 0 aromatic carbocycles. The molecule has 0 aromatic rings. The van der Waals surface area contributed by atoms with Crippen LogP contribution in [-0.4, -0.2) is 18.6 Å². The van der Waals surface area contributed by atoms with E-state index in [1.165, 1.54) is 0 Å². The van der Waals surface area contributed by atoms with Crippen LogP contribution in [0.5, 0.6) is 0 Å². The first-order valence-corrected chi connectivity index (χ1v) is 3.47. The Labute approximate surface area is 70.6 Å². The molecule has 12 heavy (non-hydrogen) atoms. The third kappa shape index (κ3) is 5.28. The fraction of sp³-hybridized carbons (Fsp3) is 0.429. The highest BCUT2D eigenvalue weighted by Gasteiger charge is 2.00. The summed E-state index contributed by atoms with van der Waals surface area (Å²) < 4.78 is 4.55. The van der Waals surface area contributed by atoms with Gasteiger partial charge in [-0.3, -0.25) is 10.1 Å². The van der Waals surface area contributed by atoms with Crippen LogP contribution in [0.25, 0.3) is 0 Å². The van der Waals surface area contributed by atoms with Gasteiger partial charge in [0.1, 0.15) is 0 Å². The molecular weight excluding hydrogens is 160 g/mol. The predicted molar refractivity (Wildman–Crippen MR) is 43.1 cm³/mol. The van der Waals surface area contributed by atoms with E-state index >= 15 is 0 Å². The Morgan fingerprint density at radius 3 is 2.58 bits per heavy atom. The Morgan fingerprint density at radius 1 is 1.58 bits per heavy atom. The Balaban J connectivity index is 3.91. The lowest BCUT2D eigenvalue weighted by molar-refractivity contribution is -0.113. The summed E-state index contributed by atoms with van der Waals surface area (Å²) in [6.45, 7) is 3.52. The molecule has 0 fully saturated rings. The quantitative estimate of drug-likeness (QED) is 0.593. The summed E-state index contributed by atoms with van der Waals surface area (Å²) in [4.78, 5) is 21.0. The SMILES string of the molecule is CCOC(=O)N/C(C)=C\C(N)=O. The Hall–Kier alpha value is -1.52. The van der Waals surface area contributed by atoms with Gasteiger partial charge in [-0.05, 0) is 13.8 Å². The normalized spacial score (nSPS) is 10.7. The summed E-state index contributed by atoms with van der Waals surface area (Å²) in [6, 6.07) is 0. The summed E-state index contributed by atoms with van der Waals surface area (Å²) in [5.41, 5.74) is 5.20. The molecule has 0 saturated heterocycles. The molecule has 5 nitrogen and oxygen atoms in total. The van der Waals surface area contributed by atoms with Crippen LogP contribution in [0.4, 0.5) is 4.79 Å². The highest BCUT2D eigenvalue weighted by molar-refractivity contribution is 5.87. The molecule has 5 heteroatoms. The third-order valence-electron chi connectivity index (χ3n) is 0.933. The Kier molecular flexibility index (Phi) is 4.52. The van der Waals surface area contributed by atoms with E-state index in [1.54, 1.807) is 13.8 Å². The second kappa shape index (κ2) is 5.17. The van der Waals surface area contributed by atoms with E-state index in [4.69, 9.17) is 5.73 Å². The number of alkyl carbamates (subject to hydrolysis) is 1. The minimum absolute atomic E-state index is 0.287. The van der Waals surface area contributed by atoms with Gasteiger partial charge in [0.2, 0.25) is 5.91 Å². The first kappa shape index (κ1) is 10.5. The maximum atomic E-state index is 10.7. The van der Waals surface area contributed by atoms with Gasteiger partial charge in [-0.1, -0.05) is 0 Å². The molecular formula is C7H12N2O3. The molecule has 0 aliphatic rings. The van der Waals surface area contributed by atoms with Crippen LogP contribution in [0.15, 0.2) is 11.8 Å². The fourth-order valence-corrected chi connectivity index (χ4v) is 0.578. The maximum Gasteiger partial charge on any atom is 0.411 e. The van der Waals surface area contributed by atoms with Crippen LogP contribution < -0.4 is 11.1 Å². The van der Waals surface area contributed by atoms with Crippen molar-refractivity contribution in [3.05, 3.63) is 11.8 Å². The predicted octanol–water partition coefficient (Wildman–Crippen LogP) is 0.122. The molecule has 0 rings (SSSR count). The number of nitrogens with two attached hydrogens (primary N) is 1. The highest BCUT2D eigenvalue weighted by atomic mass is 16.5. The van der Waals surface area contributed by atoms with Gasteiger partial charge < -0.3 is 10.5 Å². The maximum absolute atomic E-state index is 10.7. The average molecular weight is 172 g/mol. The van der Waals surface area contributed by atoms with Crippen molar-refractivity contribution in [2.45, 2.75) is 13.8 Å². The summed E-state index contributed by atoms with van der Waals surface area (Å²) >= 11 is 0. The number of carbonyl (C=O) groups excluding carboxylic acids is 2. The molecule has 0 unspecified atom stereocenters. The minimum Gasteiger partial charge on any atom is -0.450 e. The van der Waals surface area contributed by atoms with E-state index < -0.39 is 12.0 Å². The van der Waals surface area contributed by atoms with Crippen molar-refractivity contribution < 1.29 is 14.3 Å². The average Bonchev–Trinajstić information content (AvgIpc) is 1.84. The molecule has 2 amide bonds. The van der Waals surface area contributed by atoms with E-state index in [-0.39, 0.29) is 6.61 Å². The number of rotatable bonds is 3. The summed E-state index contributed by atoms with van der Waals surface area (Å²) in [5, 5.41) is 2.31. The van der Waals surface area contributed by atoms with Gasteiger partial charge in [-0.2, -0.15) is 0 Å². The van der Waals surface area contributed by atoms with Gasteiger partial charge in [0.15, 0.2) is 0 Å². The number of nitrogens with one attached hydrogen (secondary N) is 1. The molecule has 0 aliphatic heterocycles. The van der Waals surface area contributed by atoms with Crippen LogP contribution >= 0.6 is 0 Å². The number of hydrogen-bond donors (Lipinski definition) is 2. The van der Waals surface area contributed by atoms with Crippen LogP contribution in [0.1, 0.15) is 13.8 Å². The van der Waals surface area contributed by atoms with Crippen LogP contribution in [0.2, 0.25) is 0 Å². The molecule has 0 atom stereocenters. The van der Waals surface area contributed by atoms with Gasteiger partial charge in [0.05, 0.1) is 6.61 Å². The van der Waals surface area contributed by atoms with Gasteiger partial charge in [0, 0.05) is 11.8 Å². The van der Waals surface area contributed by atoms with Crippen LogP contribution in [0, 0.1) is 0 Å². The second-order valence-corrected chi connectivity index (χ2v) is 2.08. The number of ether oxygens (including phenoxy) is 1. The van der Waals surface area contributed by atoms with Gasteiger partial charge in [-0.15, -0.1) is 0 Å². The van der Waals surface area contributed by atoms with E-state index in [2.05, 4.69) is 10.1 Å². The number of carbonyl (C=O) groups is 2. The Bertz CT molecular complexity index is 211. The molecule has 3 N–H and O–H groups in total. The van der Waals surface area contributed by atoms with Crippen LogP contribution in [-0.2, 0) is 9.53 Å². The standard InChI is InChI=1S/C7H12N2O3/c1-3-12-7(11)9-5(2)4-6(8)10/h4H,3H2,1-2H3,(H2,8,10)(H,9,11)/b5-4-. The Morgan fingerprint density at radius 2 is 2.17 bits per heavy atom. The lowest BCUT2D eigenvalue weighted by Crippen LogP contribution is -2.23. The van der Waals surface area contributed by atoms with Crippen molar-refractivity contribution in [3.63, 3.8) is 0 Å². The van der Waals surface area contributed by atoms with Crippen molar-refractivity contribution in [2.75, 3.05) is 6.61 Å². The smallest absolute Gasteiger partial charge is 0.411 e. The van der Waals surface area contributed by atoms with E-state index in [0.717, 1.165) is 6.08 Å². The lowest BCUT2D eigenvalue weighted by atomic mass is 10.4. The molecule has 0 saturated carbocycles. The first-order valence-electron chi connectivity index (χ1n) is 3.47. The zero-order valence-electron chi connectivity index (χ0n) is 7.09. The molecule has 0 aliphatic carbocycles. The number of primary amides is 1. The molecule has 0 spiro atoms. The van der Waals surface area contributed by atoms with Crippen molar-refractivity contribution in [3.8, 4) is 0 Å². The third-order valence-corrected chi connectivity index (χ3v) is 0.933. The molecule has 0 radical (unpaired) electrons. The molecule has 68 valence electrons. The van der Waals surface area contributed by atoms with E-state index in [1.807, 2.05) is 0 Å². The topological polar surface area (TPSA) is 81.4 Å². The number of hydrogen-bond acceptors (Lipinski definition) is 3. The second-order valence-electron chi connectivity index (χ2n) is 2.08. The zero-order chi connectivity index (χ0) is 9.56. The summed E-state index contributed by atoms with van der Waals surface area (Å²) in [7, 11) is 0. The van der Waals surface area contributed by atoms with Gasteiger partial charge in [0.25, 0.3) is 0 Å². The largest absolute Gasteiger partial charge is 0.450 e. The van der Waals surface area contributed by atoms with Gasteiger partial charge >= 0.3 is 6.09 Å². The molecule has 0 aromatic heterocycles. The monoisotopic (exact) mass is 172 g/mol. The number of allylic oxidation sites excluding steroid dienone is 1. The zero-order valence-corrected chi connectivity index (χ0v) is 7.09. The van der Waals surface area contributed by atoms with E-state index in [9.17, 15) is 9.59 Å². The minimum atomic E-state index is -0.607. The van der Waals surface area contributed by atoms with E-state index in [0.29, 0.717) is 5.70 Å². The molecule has 0 heterocycles. The van der Waals surface area contributed by atoms with Crippen molar-refractivity contribution >= 4 is 12.0 Å². The lowest BCUT2D eigenvalue weighted by Gasteiger charge is -2.03. The van der Waals surface area contributed by atoms with Crippen molar-refractivity contribution in [1.29, 1.82) is 0 Å². The summed E-state index contributed by atoms with van der Waals surface area (Å²) in [6.07, 6.45) is 0.518. The van der Waals surface area contributed by atoms with Crippen molar-refractivity contribution in [1.82, 2.24) is 5.32 Å².